The van der Waals surface area contributed by atoms with E-state index in [9.17, 15) is 14.9 Å². The number of fused-ring (bicyclic) bond motifs is 1. The summed E-state index contributed by atoms with van der Waals surface area (Å²) in [4.78, 5) is 27.5. The van der Waals surface area contributed by atoms with Gasteiger partial charge in [0.05, 0.1) is 21.7 Å². The number of nitrogens with zero attached hydrogens (tertiary/aromatic N) is 3. The van der Waals surface area contributed by atoms with Crippen molar-refractivity contribution < 1.29 is 14.5 Å². The van der Waals surface area contributed by atoms with Crippen LogP contribution in [0.2, 0.25) is 0 Å². The molecule has 0 aliphatic carbocycles. The third kappa shape index (κ3) is 4.85. The van der Waals surface area contributed by atoms with Gasteiger partial charge in [-0.25, -0.2) is 0 Å². The van der Waals surface area contributed by atoms with Crippen molar-refractivity contribution in [1.29, 1.82) is 0 Å². The van der Waals surface area contributed by atoms with Crippen LogP contribution in [0.1, 0.15) is 16.7 Å². The van der Waals surface area contributed by atoms with Crippen molar-refractivity contribution in [2.75, 3.05) is 13.7 Å². The fourth-order valence-corrected chi connectivity index (χ4v) is 3.95. The number of methoxy groups -OCH3 is 1. The number of carbonyl (C=O) groups excluding carboxylic acids is 1. The zero-order valence-electron chi connectivity index (χ0n) is 16.4. The maximum atomic E-state index is 12.4. The van der Waals surface area contributed by atoms with E-state index in [2.05, 4.69) is 31.0 Å². The lowest BCUT2D eigenvalue weighted by atomic mass is 10.1. The van der Waals surface area contributed by atoms with Gasteiger partial charge >= 0.3 is 0 Å². The molecule has 0 fully saturated rings. The fourth-order valence-electron chi connectivity index (χ4n) is 2.81. The number of rotatable bonds is 6. The number of nitro groups is 1. The second kappa shape index (κ2) is 8.93. The van der Waals surface area contributed by atoms with Crippen molar-refractivity contribution >= 4 is 39.2 Å². The molecule has 0 radical (unpaired) electrons. The van der Waals surface area contributed by atoms with Crippen LogP contribution in [0.25, 0.3) is 16.3 Å². The Morgan fingerprint density at radius 2 is 1.93 bits per heavy atom. The molecule has 29 heavy (non-hydrogen) atoms. The summed E-state index contributed by atoms with van der Waals surface area (Å²) in [5, 5.41) is 10.7. The summed E-state index contributed by atoms with van der Waals surface area (Å²) in [6.07, 6.45) is 2.96. The summed E-state index contributed by atoms with van der Waals surface area (Å²) < 4.78 is 8.26. The maximum Gasteiger partial charge on any atom is 0.272 e. The molecular weight excluding hydrogens is 390 g/mol. The van der Waals surface area contributed by atoms with Gasteiger partial charge in [-0.05, 0) is 60.9 Å². The summed E-state index contributed by atoms with van der Waals surface area (Å²) >= 11 is 1.46. The van der Waals surface area contributed by atoms with Gasteiger partial charge in [-0.3, -0.25) is 14.9 Å². The minimum atomic E-state index is -0.461. The van der Waals surface area contributed by atoms with Gasteiger partial charge in [0.2, 0.25) is 0 Å². The number of thiazole rings is 1. The molecule has 1 aromatic heterocycles. The number of ether oxygens (including phenoxy) is 1. The molecule has 0 aliphatic heterocycles. The Kier molecular flexibility index (Phi) is 6.36. The highest BCUT2D eigenvalue weighted by Gasteiger charge is 2.09. The van der Waals surface area contributed by atoms with E-state index < -0.39 is 10.8 Å². The second-order valence-electron chi connectivity index (χ2n) is 6.57. The number of aryl methyl sites for hydroxylation is 2. The zero-order valence-corrected chi connectivity index (χ0v) is 17.2. The van der Waals surface area contributed by atoms with Crippen molar-refractivity contribution in [3.8, 4) is 0 Å². The molecular formula is C21H21N3O4S. The van der Waals surface area contributed by atoms with Crippen LogP contribution < -0.4 is 4.80 Å². The monoisotopic (exact) mass is 411 g/mol. The molecule has 7 nitrogen and oxygen atoms in total. The quantitative estimate of drug-likeness (QED) is 0.348. The molecule has 0 bridgehead atoms. The Balaban J connectivity index is 1.93. The predicted molar refractivity (Wildman–Crippen MR) is 114 cm³/mol. The van der Waals surface area contributed by atoms with Gasteiger partial charge in [0, 0.05) is 31.9 Å². The summed E-state index contributed by atoms with van der Waals surface area (Å²) in [6, 6.07) is 10.2. The Morgan fingerprint density at radius 1 is 1.24 bits per heavy atom. The smallest absolute Gasteiger partial charge is 0.272 e. The lowest BCUT2D eigenvalue weighted by molar-refractivity contribution is -0.384. The molecule has 2 aromatic carbocycles. The zero-order chi connectivity index (χ0) is 21.0. The van der Waals surface area contributed by atoms with Gasteiger partial charge < -0.3 is 9.30 Å². The first-order chi connectivity index (χ1) is 13.9. The molecule has 0 unspecified atom stereocenters. The first-order valence-electron chi connectivity index (χ1n) is 9.00. The second-order valence-corrected chi connectivity index (χ2v) is 7.57. The molecule has 150 valence electrons. The summed E-state index contributed by atoms with van der Waals surface area (Å²) in [7, 11) is 1.64. The average Bonchev–Trinajstić information content (AvgIpc) is 3.01. The number of aromatic nitrogens is 1. The van der Waals surface area contributed by atoms with Crippen LogP contribution in [0.4, 0.5) is 5.69 Å². The van der Waals surface area contributed by atoms with Gasteiger partial charge in [0.25, 0.3) is 11.6 Å². The average molecular weight is 411 g/mol. The summed E-state index contributed by atoms with van der Waals surface area (Å²) in [6.45, 7) is 5.22. The Hall–Kier alpha value is -3.10. The standard InChI is InChI=1S/C21H21N3O4S/c1-14-12-18-19(13-15(14)2)29-21(23(18)10-11-28-3)22-20(25)9-6-16-4-7-17(8-5-16)24(26)27/h4-9,12-13H,10-11H2,1-3H3. The van der Waals surface area contributed by atoms with Crippen molar-refractivity contribution in [2.45, 2.75) is 20.4 Å². The van der Waals surface area contributed by atoms with Gasteiger partial charge in [0.15, 0.2) is 4.80 Å². The molecule has 1 heterocycles. The summed E-state index contributed by atoms with van der Waals surface area (Å²) in [5.74, 6) is -0.394. The van der Waals surface area contributed by atoms with E-state index in [1.807, 2.05) is 4.57 Å². The number of nitro benzene ring substituents is 1. The first kappa shape index (κ1) is 20.6. The lowest BCUT2D eigenvalue weighted by Gasteiger charge is -2.06. The maximum absolute atomic E-state index is 12.4. The van der Waals surface area contributed by atoms with Crippen LogP contribution in [-0.4, -0.2) is 29.1 Å². The first-order valence-corrected chi connectivity index (χ1v) is 9.81. The van der Waals surface area contributed by atoms with Crippen LogP contribution in [0, 0.1) is 24.0 Å². The van der Waals surface area contributed by atoms with Crippen LogP contribution in [0.3, 0.4) is 0 Å². The van der Waals surface area contributed by atoms with Crippen LogP contribution >= 0.6 is 11.3 Å². The van der Waals surface area contributed by atoms with E-state index in [1.165, 1.54) is 40.7 Å². The minimum Gasteiger partial charge on any atom is -0.383 e. The number of hydrogen-bond acceptors (Lipinski definition) is 5. The Bertz CT molecular complexity index is 1160. The number of amides is 1. The summed E-state index contributed by atoms with van der Waals surface area (Å²) in [5.41, 5.74) is 4.09. The highest BCUT2D eigenvalue weighted by molar-refractivity contribution is 7.16. The predicted octanol–water partition coefficient (Wildman–Crippen LogP) is 4.01. The van der Waals surface area contributed by atoms with E-state index in [-0.39, 0.29) is 5.69 Å². The molecule has 3 aromatic rings. The lowest BCUT2D eigenvalue weighted by Crippen LogP contribution is -2.19. The number of carbonyl (C=O) groups is 1. The highest BCUT2D eigenvalue weighted by Crippen LogP contribution is 2.22. The molecule has 0 N–H and O–H groups in total. The van der Waals surface area contributed by atoms with Gasteiger partial charge in [0.1, 0.15) is 0 Å². The third-order valence-corrected chi connectivity index (χ3v) is 5.59. The number of non-ortho nitro benzene ring substituents is 1. The number of hydrogen-bond donors (Lipinski definition) is 0. The molecule has 0 saturated heterocycles. The van der Waals surface area contributed by atoms with Crippen molar-refractivity contribution in [2.24, 2.45) is 4.99 Å². The van der Waals surface area contributed by atoms with E-state index in [1.54, 1.807) is 25.3 Å². The third-order valence-electron chi connectivity index (χ3n) is 4.55. The molecule has 0 atom stereocenters. The van der Waals surface area contributed by atoms with Crippen LogP contribution in [0.5, 0.6) is 0 Å². The minimum absolute atomic E-state index is 0.00760. The normalized spacial score (nSPS) is 12.2. The van der Waals surface area contributed by atoms with Crippen molar-refractivity contribution in [1.82, 2.24) is 4.57 Å². The Morgan fingerprint density at radius 3 is 2.59 bits per heavy atom. The molecule has 0 spiro atoms. The van der Waals surface area contributed by atoms with E-state index in [4.69, 9.17) is 4.74 Å². The van der Waals surface area contributed by atoms with E-state index >= 15 is 0 Å². The van der Waals surface area contributed by atoms with Crippen LogP contribution in [0.15, 0.2) is 47.5 Å². The number of benzene rings is 2. The van der Waals surface area contributed by atoms with Crippen molar-refractivity contribution in [3.05, 3.63) is 74.1 Å². The van der Waals surface area contributed by atoms with Gasteiger partial charge in [-0.1, -0.05) is 11.3 Å². The molecule has 3 rings (SSSR count). The van der Waals surface area contributed by atoms with E-state index in [0.29, 0.717) is 23.5 Å². The van der Waals surface area contributed by atoms with E-state index in [0.717, 1.165) is 10.2 Å². The fraction of sp³-hybridized carbons (Fsp3) is 0.238. The SMILES string of the molecule is COCCn1c(=NC(=O)C=Cc2ccc([N+](=O)[O-])cc2)sc2cc(C)c(C)cc21. The largest absolute Gasteiger partial charge is 0.383 e. The van der Waals surface area contributed by atoms with Crippen molar-refractivity contribution in [3.63, 3.8) is 0 Å². The topological polar surface area (TPSA) is 86.7 Å². The molecule has 8 heteroatoms. The molecule has 0 saturated carbocycles. The van der Waals surface area contributed by atoms with Gasteiger partial charge in [-0.2, -0.15) is 4.99 Å². The highest BCUT2D eigenvalue weighted by atomic mass is 32.1. The molecule has 1 amide bonds. The molecule has 0 aliphatic rings. The Labute approximate surface area is 171 Å². The van der Waals surface area contributed by atoms with Crippen LogP contribution in [-0.2, 0) is 16.1 Å². The van der Waals surface area contributed by atoms with Gasteiger partial charge in [-0.15, -0.1) is 0 Å².